The minimum Gasteiger partial charge on any atom is -0.348 e. The predicted molar refractivity (Wildman–Crippen MR) is 107 cm³/mol. The number of benzene rings is 2. The maximum atomic E-state index is 13.6. The number of halogens is 5. The Bertz CT molecular complexity index is 1210. The lowest BCUT2D eigenvalue weighted by molar-refractivity contribution is -0.140. The van der Waals surface area contributed by atoms with Crippen molar-refractivity contribution in [3.63, 3.8) is 0 Å². The van der Waals surface area contributed by atoms with Crippen LogP contribution in [0.4, 0.5) is 22.7 Å². The van der Waals surface area contributed by atoms with Crippen LogP contribution in [0.1, 0.15) is 21.5 Å². The van der Waals surface area contributed by atoms with Crippen molar-refractivity contribution in [2.75, 3.05) is 4.72 Å². The molecule has 0 radical (unpaired) electrons. The molecule has 31 heavy (non-hydrogen) atoms. The molecular formula is C18H12ClF4N3O3S2. The minimum atomic E-state index is -4.81. The van der Waals surface area contributed by atoms with E-state index in [0.717, 1.165) is 17.4 Å². The van der Waals surface area contributed by atoms with Crippen LogP contribution < -0.4 is 10.0 Å². The summed E-state index contributed by atoms with van der Waals surface area (Å²) in [6.07, 6.45) is -3.52. The molecule has 0 saturated heterocycles. The molecule has 1 heterocycles. The number of alkyl halides is 3. The number of amides is 1. The molecule has 0 aliphatic heterocycles. The summed E-state index contributed by atoms with van der Waals surface area (Å²) in [6, 6.07) is 7.25. The number of carbonyl (C=O) groups excluding carboxylic acids is 1. The average molecular weight is 494 g/mol. The number of rotatable bonds is 6. The topological polar surface area (TPSA) is 88.2 Å². The molecule has 0 aliphatic rings. The number of nitrogens with zero attached hydrogens (tertiary/aromatic N) is 1. The summed E-state index contributed by atoms with van der Waals surface area (Å²) in [4.78, 5) is 15.9. The van der Waals surface area contributed by atoms with E-state index in [9.17, 15) is 30.8 Å². The molecular weight excluding hydrogens is 482 g/mol. The largest absolute Gasteiger partial charge is 0.419 e. The fourth-order valence-electron chi connectivity index (χ4n) is 2.44. The quantitative estimate of drug-likeness (QED) is 0.488. The summed E-state index contributed by atoms with van der Waals surface area (Å²) in [7, 11) is -3.94. The third-order valence-corrected chi connectivity index (χ3v) is 6.43. The van der Waals surface area contributed by atoms with Crippen molar-refractivity contribution < 1.29 is 30.8 Å². The Kier molecular flexibility index (Phi) is 6.53. The van der Waals surface area contributed by atoms with E-state index < -0.39 is 33.5 Å². The number of aromatic nitrogens is 1. The van der Waals surface area contributed by atoms with Gasteiger partial charge in [0.1, 0.15) is 10.2 Å². The van der Waals surface area contributed by atoms with Crippen molar-refractivity contribution in [1.29, 1.82) is 0 Å². The zero-order valence-electron chi connectivity index (χ0n) is 15.2. The Labute approximate surface area is 182 Å². The molecule has 0 atom stereocenters. The number of nitrogens with one attached hydrogen (secondary N) is 2. The van der Waals surface area contributed by atoms with E-state index in [1.54, 1.807) is 0 Å². The molecule has 0 fully saturated rings. The van der Waals surface area contributed by atoms with Crippen LogP contribution in [0, 0.1) is 5.82 Å². The van der Waals surface area contributed by atoms with Gasteiger partial charge in [-0.05, 0) is 42.0 Å². The van der Waals surface area contributed by atoms with E-state index >= 15 is 0 Å². The van der Waals surface area contributed by atoms with Gasteiger partial charge in [0, 0.05) is 12.1 Å². The van der Waals surface area contributed by atoms with Crippen molar-refractivity contribution in [1.82, 2.24) is 10.3 Å². The van der Waals surface area contributed by atoms with Gasteiger partial charge in [0.15, 0.2) is 5.13 Å². The van der Waals surface area contributed by atoms with Crippen molar-refractivity contribution >= 4 is 44.0 Å². The molecule has 2 aromatic carbocycles. The van der Waals surface area contributed by atoms with E-state index in [4.69, 9.17) is 11.6 Å². The van der Waals surface area contributed by atoms with Crippen molar-refractivity contribution in [3.05, 3.63) is 75.5 Å². The standard InChI is InChI=1S/C18H12ClF4N3O3S2/c19-15-9-25-17(30-15)26-31(28,29)12-4-2-11(3-5-12)16(27)24-8-10-1-6-13(14(20)7-10)18(21,22)23/h1-7,9H,8H2,(H,24,27)(H,25,26). The normalized spacial score (nSPS) is 11.9. The molecule has 0 saturated carbocycles. The van der Waals surface area contributed by atoms with Gasteiger partial charge in [0.25, 0.3) is 15.9 Å². The second-order valence-electron chi connectivity index (χ2n) is 6.09. The fraction of sp³-hybridized carbons (Fsp3) is 0.111. The van der Waals surface area contributed by atoms with Crippen LogP contribution in [0.15, 0.2) is 53.6 Å². The van der Waals surface area contributed by atoms with Gasteiger partial charge >= 0.3 is 6.18 Å². The van der Waals surface area contributed by atoms with Gasteiger partial charge in [0.2, 0.25) is 0 Å². The lowest BCUT2D eigenvalue weighted by Crippen LogP contribution is -2.23. The molecule has 0 bridgehead atoms. The number of anilines is 1. The smallest absolute Gasteiger partial charge is 0.348 e. The predicted octanol–water partition coefficient (Wildman–Crippen LogP) is 4.69. The van der Waals surface area contributed by atoms with Crippen LogP contribution in [0.2, 0.25) is 4.34 Å². The number of thiazole rings is 1. The molecule has 0 unspecified atom stereocenters. The fourth-order valence-corrected chi connectivity index (χ4v) is 4.50. The van der Waals surface area contributed by atoms with Crippen molar-refractivity contribution in [2.45, 2.75) is 17.6 Å². The molecule has 2 N–H and O–H groups in total. The van der Waals surface area contributed by atoms with E-state index in [2.05, 4.69) is 15.0 Å². The minimum absolute atomic E-state index is 0.0793. The monoisotopic (exact) mass is 493 g/mol. The van der Waals surface area contributed by atoms with E-state index in [-0.39, 0.29) is 27.7 Å². The van der Waals surface area contributed by atoms with Crippen molar-refractivity contribution in [2.24, 2.45) is 0 Å². The maximum Gasteiger partial charge on any atom is 0.419 e. The summed E-state index contributed by atoms with van der Waals surface area (Å²) in [6.45, 7) is -0.222. The Hall–Kier alpha value is -2.70. The van der Waals surface area contributed by atoms with Crippen LogP contribution in [-0.2, 0) is 22.7 Å². The molecule has 0 aliphatic carbocycles. The first-order chi connectivity index (χ1) is 14.5. The zero-order valence-corrected chi connectivity index (χ0v) is 17.6. The first-order valence-electron chi connectivity index (χ1n) is 8.34. The van der Waals surface area contributed by atoms with Gasteiger partial charge in [-0.1, -0.05) is 29.0 Å². The summed E-state index contributed by atoms with van der Waals surface area (Å²) in [5, 5.41) is 2.51. The zero-order chi connectivity index (χ0) is 22.8. The Balaban J connectivity index is 1.65. The third kappa shape index (κ3) is 5.71. The first kappa shape index (κ1) is 23.0. The molecule has 13 heteroatoms. The second-order valence-corrected chi connectivity index (χ2v) is 9.44. The maximum absolute atomic E-state index is 13.6. The van der Waals surface area contributed by atoms with Crippen LogP contribution in [0.5, 0.6) is 0 Å². The van der Waals surface area contributed by atoms with Gasteiger partial charge < -0.3 is 5.32 Å². The Morgan fingerprint density at radius 2 is 1.81 bits per heavy atom. The first-order valence-corrected chi connectivity index (χ1v) is 11.0. The van der Waals surface area contributed by atoms with Gasteiger partial charge in [-0.15, -0.1) is 0 Å². The molecule has 1 aromatic heterocycles. The third-order valence-electron chi connectivity index (χ3n) is 3.92. The summed E-state index contributed by atoms with van der Waals surface area (Å²) in [5.41, 5.74) is -1.17. The lowest BCUT2D eigenvalue weighted by atomic mass is 10.1. The van der Waals surface area contributed by atoms with Gasteiger partial charge in [0.05, 0.1) is 16.7 Å². The highest BCUT2D eigenvalue weighted by Gasteiger charge is 2.33. The SMILES string of the molecule is O=C(NCc1ccc(C(F)(F)F)c(F)c1)c1ccc(S(=O)(=O)Nc2ncc(Cl)s2)cc1. The summed E-state index contributed by atoms with van der Waals surface area (Å²) < 4.78 is 78.6. The van der Waals surface area contributed by atoms with Crippen molar-refractivity contribution in [3.8, 4) is 0 Å². The second kappa shape index (κ2) is 8.81. The summed E-state index contributed by atoms with van der Waals surface area (Å²) >= 11 is 6.64. The number of hydrogen-bond acceptors (Lipinski definition) is 5. The van der Waals surface area contributed by atoms with Crippen LogP contribution in [0.3, 0.4) is 0 Å². The molecule has 164 valence electrons. The van der Waals surface area contributed by atoms with Gasteiger partial charge in [-0.25, -0.2) is 17.8 Å². The molecule has 1 amide bonds. The van der Waals surface area contributed by atoms with Gasteiger partial charge in [-0.2, -0.15) is 13.2 Å². The molecule has 3 rings (SSSR count). The van der Waals surface area contributed by atoms with Crippen LogP contribution in [-0.4, -0.2) is 19.3 Å². The Morgan fingerprint density at radius 3 is 2.35 bits per heavy atom. The number of carbonyl (C=O) groups is 1. The Morgan fingerprint density at radius 1 is 1.13 bits per heavy atom. The molecule has 0 spiro atoms. The van der Waals surface area contributed by atoms with E-state index in [0.29, 0.717) is 16.5 Å². The van der Waals surface area contributed by atoms with E-state index in [1.807, 2.05) is 0 Å². The highest BCUT2D eigenvalue weighted by Crippen LogP contribution is 2.31. The molecule has 3 aromatic rings. The van der Waals surface area contributed by atoms with Crippen LogP contribution in [0.25, 0.3) is 0 Å². The summed E-state index contributed by atoms with van der Waals surface area (Å²) in [5.74, 6) is -2.06. The molecule has 6 nitrogen and oxygen atoms in total. The van der Waals surface area contributed by atoms with Crippen LogP contribution >= 0.6 is 22.9 Å². The van der Waals surface area contributed by atoms with Gasteiger partial charge in [-0.3, -0.25) is 9.52 Å². The highest BCUT2D eigenvalue weighted by molar-refractivity contribution is 7.93. The average Bonchev–Trinajstić information content (AvgIpc) is 3.09. The number of hydrogen-bond donors (Lipinski definition) is 2. The lowest BCUT2D eigenvalue weighted by Gasteiger charge is -2.10. The van der Waals surface area contributed by atoms with E-state index in [1.165, 1.54) is 30.5 Å². The highest BCUT2D eigenvalue weighted by atomic mass is 35.5. The number of sulfonamides is 1.